The molecule has 20 heteroatoms. The van der Waals surface area contributed by atoms with Crippen LogP contribution in [0.1, 0.15) is 12.8 Å². The minimum absolute atomic E-state index is 0.0741. The zero-order valence-electron chi connectivity index (χ0n) is 26.3. The lowest BCUT2D eigenvalue weighted by Gasteiger charge is -2.27. The van der Waals surface area contributed by atoms with Gasteiger partial charge in [-0.2, -0.15) is 16.8 Å². The third-order valence-electron chi connectivity index (χ3n) is 8.24. The zero-order chi connectivity index (χ0) is 35.3. The smallest absolute Gasteiger partial charge is 0.325 e. The molecule has 0 spiro atoms. The lowest BCUT2D eigenvalue weighted by atomic mass is 9.70. The molecule has 2 aromatic carbocycles. The number of nitrogens with zero attached hydrogens (tertiary/aromatic N) is 2. The van der Waals surface area contributed by atoms with E-state index in [2.05, 4.69) is 0 Å². The number of rotatable bonds is 12. The molecule has 5 rings (SSSR count). The molecule has 1 aliphatic carbocycles. The van der Waals surface area contributed by atoms with Crippen LogP contribution in [0.2, 0.25) is 0 Å². The summed E-state index contributed by atoms with van der Waals surface area (Å²) in [6.07, 6.45) is -0.816. The van der Waals surface area contributed by atoms with Crippen molar-refractivity contribution in [2.75, 3.05) is 42.7 Å². The third kappa shape index (κ3) is 5.63. The molecule has 0 radical (unpaired) electrons. The number of hydroxylamine groups is 4. The van der Waals surface area contributed by atoms with E-state index in [9.17, 15) is 36.0 Å². The summed E-state index contributed by atoms with van der Waals surface area (Å²) in [6.45, 7) is 0. The number of hydrogen-bond donors (Lipinski definition) is 0. The second kappa shape index (κ2) is 12.7. The molecule has 2 aliphatic heterocycles. The van der Waals surface area contributed by atoms with Crippen molar-refractivity contribution < 1.29 is 73.0 Å². The summed E-state index contributed by atoms with van der Waals surface area (Å²) < 4.78 is 94.4. The van der Waals surface area contributed by atoms with Gasteiger partial charge in [0.2, 0.25) is 0 Å². The Labute approximate surface area is 274 Å². The predicted molar refractivity (Wildman–Crippen MR) is 156 cm³/mol. The van der Waals surface area contributed by atoms with Gasteiger partial charge in [-0.25, -0.2) is 0 Å². The number of amides is 4. The van der Waals surface area contributed by atoms with Gasteiger partial charge in [0.25, 0.3) is 23.6 Å². The molecule has 2 aromatic rings. The van der Waals surface area contributed by atoms with Gasteiger partial charge in [0.15, 0.2) is 9.79 Å². The normalized spacial score (nSPS) is 22.4. The fraction of sp³-hybridized carbons (Fsp3) is 0.429. The first-order valence-electron chi connectivity index (χ1n) is 13.9. The number of carbonyl (C=O) groups excluding carboxylic acids is 4. The first-order chi connectivity index (χ1) is 22.7. The Morgan fingerprint density at radius 1 is 0.479 bits per heavy atom. The maximum Gasteiger partial charge on any atom is 0.325 e. The molecule has 18 nitrogen and oxygen atoms in total. The van der Waals surface area contributed by atoms with Gasteiger partial charge in [-0.1, -0.05) is 0 Å². The highest BCUT2D eigenvalue weighted by Crippen LogP contribution is 2.49. The Kier molecular flexibility index (Phi) is 9.21. The monoisotopic (exact) mass is 714 g/mol. The summed E-state index contributed by atoms with van der Waals surface area (Å²) >= 11 is 0. The quantitative estimate of drug-likeness (QED) is 0.276. The highest BCUT2D eigenvalue weighted by atomic mass is 32.2. The number of carbonyl (C=O) groups is 4. The molecule has 0 aromatic heterocycles. The van der Waals surface area contributed by atoms with Gasteiger partial charge >= 0.3 is 20.2 Å². The van der Waals surface area contributed by atoms with Gasteiger partial charge < -0.3 is 28.4 Å². The van der Waals surface area contributed by atoms with Crippen LogP contribution in [0, 0.1) is 23.7 Å². The molecule has 0 bridgehead atoms. The molecule has 4 amide bonds. The summed E-state index contributed by atoms with van der Waals surface area (Å²) in [5, 5.41) is 0.148. The Morgan fingerprint density at radius 2 is 0.729 bits per heavy atom. The van der Waals surface area contributed by atoms with Crippen LogP contribution in [0.3, 0.4) is 0 Å². The maximum atomic E-state index is 13.4. The van der Waals surface area contributed by atoms with E-state index in [1.165, 1.54) is 66.9 Å². The highest BCUT2D eigenvalue weighted by molar-refractivity contribution is 7.87. The average molecular weight is 715 g/mol. The van der Waals surface area contributed by atoms with E-state index in [0.717, 1.165) is 0 Å². The van der Waals surface area contributed by atoms with Gasteiger partial charge in [0.1, 0.15) is 34.5 Å². The van der Waals surface area contributed by atoms with Crippen molar-refractivity contribution in [2.45, 2.75) is 22.6 Å². The van der Waals surface area contributed by atoms with Crippen molar-refractivity contribution in [3.63, 3.8) is 0 Å². The molecular weight excluding hydrogens is 684 g/mol. The van der Waals surface area contributed by atoms with Crippen molar-refractivity contribution >= 4 is 43.9 Å². The van der Waals surface area contributed by atoms with E-state index in [1.807, 2.05) is 0 Å². The van der Waals surface area contributed by atoms with Crippen LogP contribution in [0.5, 0.6) is 34.5 Å². The van der Waals surface area contributed by atoms with Crippen LogP contribution in [-0.4, -0.2) is 93.2 Å². The van der Waals surface area contributed by atoms with Crippen molar-refractivity contribution in [2.24, 2.45) is 23.7 Å². The molecule has 48 heavy (non-hydrogen) atoms. The largest absolute Gasteiger partial charge is 0.496 e. The van der Waals surface area contributed by atoms with Crippen LogP contribution in [0.15, 0.2) is 34.1 Å². The number of fused-ring (bicyclic) bond motifs is 2. The van der Waals surface area contributed by atoms with Crippen molar-refractivity contribution in [1.29, 1.82) is 0 Å². The zero-order valence-corrected chi connectivity index (χ0v) is 27.9. The fourth-order valence-corrected chi connectivity index (χ4v) is 8.36. The molecule has 2 saturated heterocycles. The van der Waals surface area contributed by atoms with Crippen LogP contribution in [-0.2, 0) is 48.0 Å². The van der Waals surface area contributed by atoms with E-state index in [-0.39, 0.29) is 44.6 Å². The predicted octanol–water partition coefficient (Wildman–Crippen LogP) is 0.675. The van der Waals surface area contributed by atoms with E-state index >= 15 is 0 Å². The molecule has 3 aliphatic rings. The Bertz CT molecular complexity index is 1680. The molecule has 260 valence electrons. The maximum absolute atomic E-state index is 13.4. The van der Waals surface area contributed by atoms with Gasteiger partial charge in [-0.05, 0) is 12.8 Å². The lowest BCUT2D eigenvalue weighted by molar-refractivity contribution is -0.166. The number of methoxy groups -OCH3 is 6. The standard InChI is InChI=1S/C28H30N2O16S2/c1-39-13-7-19(41-3)23(20(8-13)42-4)47(35,36)45-29-25(31)15-11-17-18(12-16(15)26(29)32)28(34)30(27(17)33)46-48(37,38)24-21(43-5)9-14(40-2)10-22(24)44-6/h7-10,15-18H,11-12H2,1-6H3. The summed E-state index contributed by atoms with van der Waals surface area (Å²) in [4.78, 5) is 52.3. The molecule has 4 unspecified atom stereocenters. The van der Waals surface area contributed by atoms with Crippen LogP contribution in [0.4, 0.5) is 0 Å². The van der Waals surface area contributed by atoms with E-state index < -0.39 is 90.2 Å². The first-order valence-corrected chi connectivity index (χ1v) is 16.7. The number of hydrogen-bond acceptors (Lipinski definition) is 16. The van der Waals surface area contributed by atoms with E-state index in [4.69, 9.17) is 37.0 Å². The van der Waals surface area contributed by atoms with E-state index in [1.54, 1.807) is 0 Å². The van der Waals surface area contributed by atoms with Crippen LogP contribution in [0.25, 0.3) is 0 Å². The summed E-state index contributed by atoms with van der Waals surface area (Å²) in [7, 11) is -2.58. The van der Waals surface area contributed by atoms with Gasteiger partial charge in [0.05, 0.1) is 66.3 Å². The van der Waals surface area contributed by atoms with Crippen LogP contribution < -0.4 is 28.4 Å². The lowest BCUT2D eigenvalue weighted by Crippen LogP contribution is -2.35. The number of imide groups is 2. The topological polar surface area (TPSA) is 217 Å². The Morgan fingerprint density at radius 3 is 0.938 bits per heavy atom. The minimum atomic E-state index is -4.95. The molecular formula is C28H30N2O16S2. The fourth-order valence-electron chi connectivity index (χ4n) is 5.97. The summed E-state index contributed by atoms with van der Waals surface area (Å²) in [5.41, 5.74) is 0. The van der Waals surface area contributed by atoms with Crippen molar-refractivity contribution in [3.8, 4) is 34.5 Å². The molecule has 3 fully saturated rings. The van der Waals surface area contributed by atoms with Gasteiger partial charge in [-0.3, -0.25) is 19.2 Å². The SMILES string of the molecule is COc1cc(OC)c(S(=O)(=O)ON2C(=O)C3CC4C(=O)N(OS(=O)(=O)c5c(OC)cc(OC)cc5OC)C(=O)C4CC3C2=O)c(OC)c1. The molecule has 4 atom stereocenters. The second-order valence-electron chi connectivity index (χ2n) is 10.6. The van der Waals surface area contributed by atoms with Crippen LogP contribution >= 0.6 is 0 Å². The van der Waals surface area contributed by atoms with Crippen molar-refractivity contribution in [3.05, 3.63) is 24.3 Å². The summed E-state index contributed by atoms with van der Waals surface area (Å²) in [6, 6.07) is 4.89. The highest BCUT2D eigenvalue weighted by Gasteiger charge is 2.62. The molecule has 1 saturated carbocycles. The molecule has 2 heterocycles. The minimum Gasteiger partial charge on any atom is -0.496 e. The average Bonchev–Trinajstić information content (AvgIpc) is 3.44. The number of ether oxygens (including phenoxy) is 6. The van der Waals surface area contributed by atoms with Gasteiger partial charge in [0, 0.05) is 24.3 Å². The Hall–Kier alpha value is -4.66. The number of benzene rings is 2. The first kappa shape index (κ1) is 34.7. The third-order valence-corrected chi connectivity index (χ3v) is 10.7. The Balaban J connectivity index is 1.39. The second-order valence-corrected chi connectivity index (χ2v) is 13.5. The van der Waals surface area contributed by atoms with Crippen molar-refractivity contribution in [1.82, 2.24) is 10.1 Å². The molecule has 0 N–H and O–H groups in total. The van der Waals surface area contributed by atoms with Gasteiger partial charge in [-0.15, -0.1) is 18.7 Å². The van der Waals surface area contributed by atoms with E-state index in [0.29, 0.717) is 0 Å². The summed E-state index contributed by atoms with van der Waals surface area (Å²) in [5.74, 6) is -10.2.